The fourth-order valence-corrected chi connectivity index (χ4v) is 1.61. The van der Waals surface area contributed by atoms with Gasteiger partial charge in [0.1, 0.15) is 5.84 Å². The lowest BCUT2D eigenvalue weighted by Crippen LogP contribution is -2.33. The number of benzene rings is 1. The number of rotatable bonds is 7. The number of oxime groups is 1. The summed E-state index contributed by atoms with van der Waals surface area (Å²) in [5.74, 6) is -0.459. The minimum Gasteiger partial charge on any atom is -0.409 e. The molecule has 0 fully saturated rings. The molecule has 0 aliphatic carbocycles. The van der Waals surface area contributed by atoms with E-state index in [9.17, 15) is 4.79 Å². The Labute approximate surface area is 106 Å². The van der Waals surface area contributed by atoms with Crippen molar-refractivity contribution in [3.63, 3.8) is 0 Å². The highest BCUT2D eigenvalue weighted by Gasteiger charge is 2.15. The van der Waals surface area contributed by atoms with E-state index in [0.717, 1.165) is 5.56 Å². The molecule has 0 spiro atoms. The predicted octanol–water partition coefficient (Wildman–Crippen LogP) is -0.0184. The van der Waals surface area contributed by atoms with E-state index in [1.807, 2.05) is 30.3 Å². The van der Waals surface area contributed by atoms with Gasteiger partial charge in [-0.3, -0.25) is 4.79 Å². The SMILES string of the molecule is NC(=O)CCNCC(/C(N)=N\O)c1ccccc1. The van der Waals surface area contributed by atoms with Gasteiger partial charge in [0.2, 0.25) is 5.91 Å². The van der Waals surface area contributed by atoms with Gasteiger partial charge in [0, 0.05) is 19.5 Å². The summed E-state index contributed by atoms with van der Waals surface area (Å²) in [7, 11) is 0. The molecule has 1 unspecified atom stereocenters. The van der Waals surface area contributed by atoms with E-state index in [1.54, 1.807) is 0 Å². The first-order valence-corrected chi connectivity index (χ1v) is 5.66. The normalized spacial score (nSPS) is 13.2. The van der Waals surface area contributed by atoms with Crippen molar-refractivity contribution in [3.8, 4) is 0 Å². The number of nitrogens with one attached hydrogen (secondary N) is 1. The van der Waals surface area contributed by atoms with Gasteiger partial charge < -0.3 is 22.0 Å². The molecule has 0 aliphatic heterocycles. The Balaban J connectivity index is 2.61. The van der Waals surface area contributed by atoms with Crippen LogP contribution in [0.1, 0.15) is 17.9 Å². The molecule has 18 heavy (non-hydrogen) atoms. The van der Waals surface area contributed by atoms with Crippen molar-refractivity contribution in [1.29, 1.82) is 0 Å². The number of hydrogen-bond donors (Lipinski definition) is 4. The molecule has 1 amide bonds. The van der Waals surface area contributed by atoms with E-state index in [0.29, 0.717) is 13.1 Å². The largest absolute Gasteiger partial charge is 0.409 e. The highest BCUT2D eigenvalue weighted by molar-refractivity contribution is 5.87. The molecule has 0 saturated carbocycles. The van der Waals surface area contributed by atoms with Gasteiger partial charge in [-0.15, -0.1) is 0 Å². The van der Waals surface area contributed by atoms with Crippen molar-refractivity contribution in [3.05, 3.63) is 35.9 Å². The van der Waals surface area contributed by atoms with E-state index in [2.05, 4.69) is 10.5 Å². The van der Waals surface area contributed by atoms with Crippen molar-refractivity contribution < 1.29 is 10.0 Å². The first kappa shape index (κ1) is 14.0. The Kier molecular flexibility index (Phi) is 5.66. The molecule has 6 nitrogen and oxygen atoms in total. The van der Waals surface area contributed by atoms with Gasteiger partial charge in [0.05, 0.1) is 5.92 Å². The van der Waals surface area contributed by atoms with Crippen LogP contribution in [0.4, 0.5) is 0 Å². The third-order valence-electron chi connectivity index (χ3n) is 2.57. The van der Waals surface area contributed by atoms with Gasteiger partial charge in [-0.2, -0.15) is 0 Å². The molecule has 6 N–H and O–H groups in total. The Morgan fingerprint density at radius 1 is 1.33 bits per heavy atom. The molecule has 0 aliphatic rings. The molecule has 0 heterocycles. The Bertz CT molecular complexity index is 406. The average molecular weight is 250 g/mol. The van der Waals surface area contributed by atoms with Gasteiger partial charge in [-0.1, -0.05) is 35.5 Å². The van der Waals surface area contributed by atoms with Crippen LogP contribution in [0, 0.1) is 0 Å². The van der Waals surface area contributed by atoms with E-state index in [4.69, 9.17) is 16.7 Å². The molecule has 6 heteroatoms. The monoisotopic (exact) mass is 250 g/mol. The first-order chi connectivity index (χ1) is 8.65. The zero-order valence-corrected chi connectivity index (χ0v) is 10.0. The van der Waals surface area contributed by atoms with Crippen LogP contribution < -0.4 is 16.8 Å². The van der Waals surface area contributed by atoms with Crippen molar-refractivity contribution in [2.24, 2.45) is 16.6 Å². The average Bonchev–Trinajstić information content (AvgIpc) is 2.38. The summed E-state index contributed by atoms with van der Waals surface area (Å²) in [6.45, 7) is 0.949. The van der Waals surface area contributed by atoms with Crippen LogP contribution in [0.15, 0.2) is 35.5 Å². The number of nitrogens with two attached hydrogens (primary N) is 2. The maximum absolute atomic E-state index is 10.6. The molecule has 0 bridgehead atoms. The van der Waals surface area contributed by atoms with Crippen LogP contribution in [0.5, 0.6) is 0 Å². The van der Waals surface area contributed by atoms with Crippen molar-refractivity contribution in [2.75, 3.05) is 13.1 Å². The Morgan fingerprint density at radius 3 is 2.56 bits per heavy atom. The van der Waals surface area contributed by atoms with Gasteiger partial charge in [0.15, 0.2) is 0 Å². The predicted molar refractivity (Wildman–Crippen MR) is 69.3 cm³/mol. The topological polar surface area (TPSA) is 114 Å². The van der Waals surface area contributed by atoms with E-state index < -0.39 is 0 Å². The van der Waals surface area contributed by atoms with Crippen LogP contribution >= 0.6 is 0 Å². The van der Waals surface area contributed by atoms with E-state index in [1.165, 1.54) is 0 Å². The number of carbonyl (C=O) groups is 1. The number of hydrogen-bond acceptors (Lipinski definition) is 4. The lowest BCUT2D eigenvalue weighted by atomic mass is 9.98. The third-order valence-corrected chi connectivity index (χ3v) is 2.57. The van der Waals surface area contributed by atoms with Gasteiger partial charge in [0.25, 0.3) is 0 Å². The van der Waals surface area contributed by atoms with E-state index in [-0.39, 0.29) is 24.1 Å². The summed E-state index contributed by atoms with van der Waals surface area (Å²) >= 11 is 0. The number of carbonyl (C=O) groups excluding carboxylic acids is 1. The first-order valence-electron chi connectivity index (χ1n) is 5.66. The highest BCUT2D eigenvalue weighted by atomic mass is 16.4. The number of amidine groups is 1. The molecule has 98 valence electrons. The van der Waals surface area contributed by atoms with Crippen molar-refractivity contribution in [1.82, 2.24) is 5.32 Å². The van der Waals surface area contributed by atoms with Gasteiger partial charge in [-0.25, -0.2) is 0 Å². The standard InChI is InChI=1S/C12H18N4O2/c13-11(17)6-7-15-8-10(12(14)16-18)9-4-2-1-3-5-9/h1-5,10,15,18H,6-8H2,(H2,13,17)(H2,14,16). The van der Waals surface area contributed by atoms with Crippen LogP contribution in [0.25, 0.3) is 0 Å². The summed E-state index contributed by atoms with van der Waals surface area (Å²) in [6, 6.07) is 9.47. The molecule has 1 aromatic rings. The summed E-state index contributed by atoms with van der Waals surface area (Å²) in [4.78, 5) is 10.6. The molecule has 0 aromatic heterocycles. The van der Waals surface area contributed by atoms with Crippen LogP contribution in [0.3, 0.4) is 0 Å². The summed E-state index contributed by atoms with van der Waals surface area (Å²) < 4.78 is 0. The molecule has 1 atom stereocenters. The highest BCUT2D eigenvalue weighted by Crippen LogP contribution is 2.14. The molecule has 0 radical (unpaired) electrons. The van der Waals surface area contributed by atoms with Gasteiger partial charge in [-0.05, 0) is 5.56 Å². The molecule has 1 rings (SSSR count). The minimum atomic E-state index is -0.359. The van der Waals surface area contributed by atoms with Crippen molar-refractivity contribution in [2.45, 2.75) is 12.3 Å². The zero-order chi connectivity index (χ0) is 13.4. The fourth-order valence-electron chi connectivity index (χ4n) is 1.61. The van der Waals surface area contributed by atoms with Gasteiger partial charge >= 0.3 is 0 Å². The quantitative estimate of drug-likeness (QED) is 0.179. The second-order valence-electron chi connectivity index (χ2n) is 3.91. The second kappa shape index (κ2) is 7.29. The summed E-state index contributed by atoms with van der Waals surface area (Å²) in [6.07, 6.45) is 0.262. The molecule has 0 saturated heterocycles. The fraction of sp³-hybridized carbons (Fsp3) is 0.333. The lowest BCUT2D eigenvalue weighted by molar-refractivity contribution is -0.117. The van der Waals surface area contributed by atoms with Crippen LogP contribution in [0.2, 0.25) is 0 Å². The summed E-state index contributed by atoms with van der Waals surface area (Å²) in [5, 5.41) is 14.9. The maximum atomic E-state index is 10.6. The van der Waals surface area contributed by atoms with E-state index >= 15 is 0 Å². The smallest absolute Gasteiger partial charge is 0.218 e. The third kappa shape index (κ3) is 4.42. The lowest BCUT2D eigenvalue weighted by Gasteiger charge is -2.16. The van der Waals surface area contributed by atoms with Crippen LogP contribution in [-0.4, -0.2) is 30.0 Å². The minimum absolute atomic E-state index is 0.132. The number of amides is 1. The molecule has 1 aromatic carbocycles. The van der Waals surface area contributed by atoms with Crippen molar-refractivity contribution >= 4 is 11.7 Å². The second-order valence-corrected chi connectivity index (χ2v) is 3.91. The molecular formula is C12H18N4O2. The Morgan fingerprint density at radius 2 is 2.00 bits per heavy atom. The summed E-state index contributed by atoms with van der Waals surface area (Å²) in [5.41, 5.74) is 11.6. The van der Waals surface area contributed by atoms with Crippen LogP contribution in [-0.2, 0) is 4.79 Å². The maximum Gasteiger partial charge on any atom is 0.218 e. The number of nitrogens with zero attached hydrogens (tertiary/aromatic N) is 1. The molecular weight excluding hydrogens is 232 g/mol. The number of primary amides is 1. The zero-order valence-electron chi connectivity index (χ0n) is 10.0. The Hall–Kier alpha value is -2.08.